The van der Waals surface area contributed by atoms with Gasteiger partial charge in [-0.3, -0.25) is 4.79 Å². The number of alkyl halides is 3. The molecule has 0 fully saturated rings. The predicted octanol–water partition coefficient (Wildman–Crippen LogP) is 5.48. The number of alkyl carbamates (subject to hydrolysis) is 1. The summed E-state index contributed by atoms with van der Waals surface area (Å²) in [6, 6.07) is 2.16. The van der Waals surface area contributed by atoms with Crippen LogP contribution in [0.5, 0.6) is 0 Å². The highest BCUT2D eigenvalue weighted by Gasteiger charge is 2.39. The second kappa shape index (κ2) is 10.3. The number of hydrogen-bond donors (Lipinski definition) is 3. The minimum absolute atomic E-state index is 0.286. The van der Waals surface area contributed by atoms with Crippen LogP contribution in [0.3, 0.4) is 0 Å². The van der Waals surface area contributed by atoms with Gasteiger partial charge in [-0.2, -0.15) is 13.2 Å². The number of benzene rings is 1. The Labute approximate surface area is 202 Å². The molecule has 13 heteroatoms. The molecule has 0 saturated carbocycles. The number of halogens is 6. The summed E-state index contributed by atoms with van der Waals surface area (Å²) in [4.78, 5) is 27.7. The van der Waals surface area contributed by atoms with Crippen molar-refractivity contribution in [3.63, 3.8) is 0 Å². The Kier molecular flexibility index (Phi) is 8.39. The Bertz CT molecular complexity index is 1070. The Balaban J connectivity index is 2.47. The van der Waals surface area contributed by atoms with Gasteiger partial charge in [0, 0.05) is 16.1 Å². The van der Waals surface area contributed by atoms with Gasteiger partial charge in [0.2, 0.25) is 5.91 Å². The van der Waals surface area contributed by atoms with Crippen LogP contribution in [0.4, 0.5) is 28.0 Å². The molecule has 0 aliphatic carbocycles. The summed E-state index contributed by atoms with van der Waals surface area (Å²) < 4.78 is 59.6. The lowest BCUT2D eigenvalue weighted by molar-refractivity contribution is -0.141. The first-order valence-corrected chi connectivity index (χ1v) is 10.5. The molecule has 1 aromatic carbocycles. The summed E-state index contributed by atoms with van der Waals surface area (Å²) >= 11 is 11.9. The quantitative estimate of drug-likeness (QED) is 0.448. The maximum Gasteiger partial charge on any atom is 0.434 e. The molecule has 1 heterocycles. The van der Waals surface area contributed by atoms with E-state index in [4.69, 9.17) is 27.9 Å². The topological polar surface area (TPSA) is 101 Å². The average molecular weight is 526 g/mol. The van der Waals surface area contributed by atoms with Gasteiger partial charge < -0.3 is 20.5 Å². The number of carbonyl (C=O) groups is 2. The number of nitrogens with one attached hydrogen (secondary N) is 2. The van der Waals surface area contributed by atoms with Crippen molar-refractivity contribution in [3.05, 3.63) is 57.1 Å². The second-order valence-corrected chi connectivity index (χ2v) is 8.93. The summed E-state index contributed by atoms with van der Waals surface area (Å²) in [7, 11) is 0. The van der Waals surface area contributed by atoms with Crippen molar-refractivity contribution in [1.82, 2.24) is 10.3 Å². The summed E-state index contributed by atoms with van der Waals surface area (Å²) in [6.07, 6.45) is -7.43. The molecule has 0 bridgehead atoms. The van der Waals surface area contributed by atoms with Crippen molar-refractivity contribution in [2.75, 3.05) is 5.32 Å². The van der Waals surface area contributed by atoms with Crippen LogP contribution < -0.4 is 10.6 Å². The Morgan fingerprint density at radius 3 is 2.29 bits per heavy atom. The van der Waals surface area contributed by atoms with E-state index in [-0.39, 0.29) is 5.02 Å². The van der Waals surface area contributed by atoms with Gasteiger partial charge in [0.25, 0.3) is 0 Å². The fraction of sp³-hybridized carbons (Fsp3) is 0.381. The molecule has 34 heavy (non-hydrogen) atoms. The minimum atomic E-state index is -5.02. The SMILES string of the molecule is C[C@H](NC(=O)OC(C)(C)C)C(=O)Nc1cnc(C(F)(F)F)c(Cl)c1C(O)c1c(F)cccc1Cl. The van der Waals surface area contributed by atoms with Crippen molar-refractivity contribution in [2.45, 2.75) is 51.6 Å². The van der Waals surface area contributed by atoms with E-state index in [1.54, 1.807) is 20.8 Å². The smallest absolute Gasteiger partial charge is 0.434 e. The van der Waals surface area contributed by atoms with E-state index >= 15 is 0 Å². The lowest BCUT2D eigenvalue weighted by atomic mass is 9.99. The predicted molar refractivity (Wildman–Crippen MR) is 117 cm³/mol. The number of nitrogens with zero attached hydrogens (tertiary/aromatic N) is 1. The van der Waals surface area contributed by atoms with E-state index in [2.05, 4.69) is 15.6 Å². The van der Waals surface area contributed by atoms with E-state index < -0.39 is 69.3 Å². The molecular weight excluding hydrogens is 505 g/mol. The van der Waals surface area contributed by atoms with Crippen LogP contribution in [-0.2, 0) is 15.7 Å². The van der Waals surface area contributed by atoms with Crippen molar-refractivity contribution >= 4 is 40.9 Å². The fourth-order valence-electron chi connectivity index (χ4n) is 2.77. The fourth-order valence-corrected chi connectivity index (χ4v) is 3.40. The first kappa shape index (κ1) is 27.6. The maximum atomic E-state index is 14.4. The number of aliphatic hydroxyl groups is 1. The molecule has 0 aliphatic heterocycles. The van der Waals surface area contributed by atoms with Gasteiger partial charge in [0.1, 0.15) is 23.6 Å². The molecule has 3 N–H and O–H groups in total. The molecule has 0 saturated heterocycles. The Morgan fingerprint density at radius 2 is 1.76 bits per heavy atom. The van der Waals surface area contributed by atoms with Crippen molar-refractivity contribution in [2.24, 2.45) is 0 Å². The second-order valence-electron chi connectivity index (χ2n) is 8.14. The molecule has 1 aromatic heterocycles. The molecule has 7 nitrogen and oxygen atoms in total. The molecule has 0 spiro atoms. The zero-order valence-corrected chi connectivity index (χ0v) is 19.9. The summed E-state index contributed by atoms with van der Waals surface area (Å²) in [5, 5.41) is 13.9. The first-order chi connectivity index (χ1) is 15.5. The molecule has 0 radical (unpaired) electrons. The largest absolute Gasteiger partial charge is 0.444 e. The molecule has 0 aliphatic rings. The minimum Gasteiger partial charge on any atom is -0.444 e. The van der Waals surface area contributed by atoms with Gasteiger partial charge >= 0.3 is 12.3 Å². The molecule has 2 rings (SSSR count). The molecule has 2 aromatic rings. The van der Waals surface area contributed by atoms with E-state index in [1.165, 1.54) is 19.1 Å². The van der Waals surface area contributed by atoms with E-state index in [1.807, 2.05) is 0 Å². The number of ether oxygens (including phenoxy) is 1. The third-order valence-corrected chi connectivity index (χ3v) is 4.97. The van der Waals surface area contributed by atoms with Gasteiger partial charge in [-0.15, -0.1) is 0 Å². The van der Waals surface area contributed by atoms with Crippen LogP contribution in [0.2, 0.25) is 10.0 Å². The number of carbonyl (C=O) groups excluding carboxylic acids is 2. The normalized spacial score (nSPS) is 13.7. The lowest BCUT2D eigenvalue weighted by Crippen LogP contribution is -2.44. The van der Waals surface area contributed by atoms with Gasteiger partial charge in [-0.25, -0.2) is 14.2 Å². The lowest BCUT2D eigenvalue weighted by Gasteiger charge is -2.23. The highest BCUT2D eigenvalue weighted by Crippen LogP contribution is 2.43. The Hall–Kier alpha value is -2.63. The van der Waals surface area contributed by atoms with Crippen LogP contribution >= 0.6 is 23.2 Å². The van der Waals surface area contributed by atoms with Gasteiger partial charge in [0.15, 0.2) is 5.69 Å². The van der Waals surface area contributed by atoms with Gasteiger partial charge in [-0.1, -0.05) is 29.3 Å². The average Bonchev–Trinajstić information content (AvgIpc) is 2.65. The van der Waals surface area contributed by atoms with E-state index in [9.17, 15) is 32.3 Å². The van der Waals surface area contributed by atoms with Crippen LogP contribution in [0, 0.1) is 5.82 Å². The highest BCUT2D eigenvalue weighted by molar-refractivity contribution is 6.33. The number of amides is 2. The third kappa shape index (κ3) is 6.71. The highest BCUT2D eigenvalue weighted by atomic mass is 35.5. The van der Waals surface area contributed by atoms with E-state index in [0.29, 0.717) is 6.20 Å². The summed E-state index contributed by atoms with van der Waals surface area (Å²) in [5.74, 6) is -1.92. The maximum absolute atomic E-state index is 14.4. The standard InChI is InChI=1S/C21H21Cl2F4N3O4/c1-9(29-19(33)34-20(2,3)4)18(32)30-12-8-28-17(21(25,26)27)15(23)14(12)16(31)13-10(22)6-5-7-11(13)24/h5-9,16,31H,1-4H3,(H,29,33)(H,30,32)/t9-,16?/m0/s1. The van der Waals surface area contributed by atoms with Gasteiger partial charge in [0.05, 0.1) is 16.9 Å². The summed E-state index contributed by atoms with van der Waals surface area (Å²) in [5.41, 5.74) is -4.10. The Morgan fingerprint density at radius 1 is 1.15 bits per heavy atom. The molecule has 186 valence electrons. The summed E-state index contributed by atoms with van der Waals surface area (Å²) in [6.45, 7) is 6.10. The van der Waals surface area contributed by atoms with Crippen LogP contribution in [-0.4, -0.2) is 33.7 Å². The van der Waals surface area contributed by atoms with E-state index in [0.717, 1.165) is 6.07 Å². The number of aromatic nitrogens is 1. The van der Waals surface area contributed by atoms with Gasteiger partial charge in [-0.05, 0) is 39.8 Å². The zero-order chi connectivity index (χ0) is 26.0. The monoisotopic (exact) mass is 525 g/mol. The van der Waals surface area contributed by atoms with Crippen LogP contribution in [0.15, 0.2) is 24.4 Å². The molecule has 1 unspecified atom stereocenters. The first-order valence-electron chi connectivity index (χ1n) is 9.71. The number of aliphatic hydroxyl groups excluding tert-OH is 1. The zero-order valence-electron chi connectivity index (χ0n) is 18.4. The third-order valence-electron chi connectivity index (χ3n) is 4.26. The molecule has 2 amide bonds. The van der Waals surface area contributed by atoms with Crippen molar-refractivity contribution < 1.29 is 37.0 Å². The van der Waals surface area contributed by atoms with Crippen LogP contribution in [0.25, 0.3) is 0 Å². The number of anilines is 1. The van der Waals surface area contributed by atoms with Crippen molar-refractivity contribution in [1.29, 1.82) is 0 Å². The van der Waals surface area contributed by atoms with Crippen molar-refractivity contribution in [3.8, 4) is 0 Å². The number of rotatable bonds is 5. The number of hydrogen-bond acceptors (Lipinski definition) is 5. The van der Waals surface area contributed by atoms with Crippen LogP contribution in [0.1, 0.15) is 50.6 Å². The molecule has 2 atom stereocenters. The number of pyridine rings is 1. The molecular formula is C21H21Cl2F4N3O4.